The predicted molar refractivity (Wildman–Crippen MR) is 85.7 cm³/mol. The standard InChI is InChI=1S/C17H16F3N3O2/c1-17(2,3)23-16(25)12-8-9(6-7-21-12)15(24)22-11-5-4-10(18)13(19)14(11)20/h4-8H,1-3H3,(H,22,24)(H,23,25). The number of nitrogens with one attached hydrogen (secondary N) is 2. The Hall–Kier alpha value is -2.90. The van der Waals surface area contributed by atoms with Gasteiger partial charge >= 0.3 is 0 Å². The molecule has 132 valence electrons. The fourth-order valence-corrected chi connectivity index (χ4v) is 1.92. The first-order valence-corrected chi connectivity index (χ1v) is 7.32. The summed E-state index contributed by atoms with van der Waals surface area (Å²) in [7, 11) is 0. The number of hydrogen-bond donors (Lipinski definition) is 2. The molecule has 0 fully saturated rings. The number of aromatic nitrogens is 1. The van der Waals surface area contributed by atoms with E-state index in [0.29, 0.717) is 6.07 Å². The first kappa shape index (κ1) is 18.4. The Kier molecular flexibility index (Phi) is 5.10. The molecule has 0 aliphatic heterocycles. The van der Waals surface area contributed by atoms with Crippen molar-refractivity contribution >= 4 is 17.5 Å². The van der Waals surface area contributed by atoms with Crippen LogP contribution in [0.25, 0.3) is 0 Å². The Morgan fingerprint density at radius 1 is 1.00 bits per heavy atom. The minimum atomic E-state index is -1.68. The fourth-order valence-electron chi connectivity index (χ4n) is 1.92. The van der Waals surface area contributed by atoms with Crippen molar-refractivity contribution in [2.45, 2.75) is 26.3 Å². The van der Waals surface area contributed by atoms with E-state index in [1.54, 1.807) is 20.8 Å². The second-order valence-electron chi connectivity index (χ2n) is 6.31. The first-order chi connectivity index (χ1) is 11.6. The van der Waals surface area contributed by atoms with Crippen LogP contribution in [0, 0.1) is 17.5 Å². The van der Waals surface area contributed by atoms with E-state index in [2.05, 4.69) is 15.6 Å². The van der Waals surface area contributed by atoms with Crippen molar-refractivity contribution in [3.8, 4) is 0 Å². The van der Waals surface area contributed by atoms with Gasteiger partial charge in [0.1, 0.15) is 5.69 Å². The maximum atomic E-state index is 13.6. The van der Waals surface area contributed by atoms with Crippen LogP contribution in [0.1, 0.15) is 41.6 Å². The van der Waals surface area contributed by atoms with E-state index in [0.717, 1.165) is 6.07 Å². The van der Waals surface area contributed by atoms with Gasteiger partial charge < -0.3 is 10.6 Å². The highest BCUT2D eigenvalue weighted by atomic mass is 19.2. The van der Waals surface area contributed by atoms with E-state index >= 15 is 0 Å². The summed E-state index contributed by atoms with van der Waals surface area (Å²) in [6.45, 7) is 5.36. The molecule has 0 saturated carbocycles. The average Bonchev–Trinajstić information content (AvgIpc) is 2.54. The van der Waals surface area contributed by atoms with Crippen molar-refractivity contribution in [3.63, 3.8) is 0 Å². The van der Waals surface area contributed by atoms with Crippen LogP contribution < -0.4 is 10.6 Å². The summed E-state index contributed by atoms with van der Waals surface area (Å²) in [5, 5.41) is 4.82. The molecule has 0 aliphatic carbocycles. The largest absolute Gasteiger partial charge is 0.346 e. The van der Waals surface area contributed by atoms with Crippen LogP contribution in [0.3, 0.4) is 0 Å². The van der Waals surface area contributed by atoms with E-state index in [1.165, 1.54) is 18.3 Å². The number of nitrogens with zero attached hydrogens (tertiary/aromatic N) is 1. The Morgan fingerprint density at radius 2 is 1.68 bits per heavy atom. The summed E-state index contributed by atoms with van der Waals surface area (Å²) in [6.07, 6.45) is 1.24. The molecule has 1 aromatic carbocycles. The molecule has 0 aliphatic rings. The molecule has 25 heavy (non-hydrogen) atoms. The molecule has 1 aromatic heterocycles. The van der Waals surface area contributed by atoms with Crippen LogP contribution >= 0.6 is 0 Å². The van der Waals surface area contributed by atoms with Crippen LogP contribution in [0.4, 0.5) is 18.9 Å². The molecule has 0 radical (unpaired) electrons. The van der Waals surface area contributed by atoms with Gasteiger partial charge in [0.25, 0.3) is 11.8 Å². The lowest BCUT2D eigenvalue weighted by molar-refractivity contribution is 0.0914. The van der Waals surface area contributed by atoms with Gasteiger partial charge in [-0.3, -0.25) is 14.6 Å². The lowest BCUT2D eigenvalue weighted by Gasteiger charge is -2.20. The number of halogens is 3. The second-order valence-corrected chi connectivity index (χ2v) is 6.31. The Morgan fingerprint density at radius 3 is 2.32 bits per heavy atom. The molecule has 0 saturated heterocycles. The van der Waals surface area contributed by atoms with Gasteiger partial charge in [-0.15, -0.1) is 0 Å². The molecule has 0 bridgehead atoms. The SMILES string of the molecule is CC(C)(C)NC(=O)c1cc(C(=O)Nc2ccc(F)c(F)c2F)ccn1. The maximum absolute atomic E-state index is 13.6. The van der Waals surface area contributed by atoms with Gasteiger partial charge in [0, 0.05) is 17.3 Å². The van der Waals surface area contributed by atoms with Gasteiger partial charge in [-0.1, -0.05) is 0 Å². The van der Waals surface area contributed by atoms with Crippen molar-refractivity contribution in [2.75, 3.05) is 5.32 Å². The Balaban J connectivity index is 2.22. The molecular formula is C17H16F3N3O2. The molecule has 0 atom stereocenters. The third kappa shape index (κ3) is 4.56. The van der Waals surface area contributed by atoms with Crippen LogP contribution in [0.15, 0.2) is 30.5 Å². The summed E-state index contributed by atoms with van der Waals surface area (Å²) >= 11 is 0. The summed E-state index contributed by atoms with van der Waals surface area (Å²) in [5.74, 6) is -5.83. The topological polar surface area (TPSA) is 71.1 Å². The molecule has 5 nitrogen and oxygen atoms in total. The van der Waals surface area contributed by atoms with Gasteiger partial charge in [0.15, 0.2) is 17.5 Å². The van der Waals surface area contributed by atoms with E-state index in [-0.39, 0.29) is 11.3 Å². The van der Waals surface area contributed by atoms with Crippen molar-refractivity contribution < 1.29 is 22.8 Å². The fraction of sp³-hybridized carbons (Fsp3) is 0.235. The van der Waals surface area contributed by atoms with Crippen molar-refractivity contribution in [2.24, 2.45) is 0 Å². The highest BCUT2D eigenvalue weighted by molar-refractivity contribution is 6.05. The second kappa shape index (κ2) is 6.92. The quantitative estimate of drug-likeness (QED) is 0.834. The van der Waals surface area contributed by atoms with Crippen LogP contribution in [0.5, 0.6) is 0 Å². The van der Waals surface area contributed by atoms with Crippen molar-refractivity contribution in [3.05, 3.63) is 59.2 Å². The number of rotatable bonds is 3. The number of carbonyl (C=O) groups excluding carboxylic acids is 2. The number of carbonyl (C=O) groups is 2. The zero-order chi connectivity index (χ0) is 18.8. The maximum Gasteiger partial charge on any atom is 0.270 e. The highest BCUT2D eigenvalue weighted by Gasteiger charge is 2.19. The smallest absolute Gasteiger partial charge is 0.270 e. The molecule has 2 aromatic rings. The lowest BCUT2D eigenvalue weighted by Crippen LogP contribution is -2.41. The van der Waals surface area contributed by atoms with E-state index in [9.17, 15) is 22.8 Å². The van der Waals surface area contributed by atoms with E-state index in [4.69, 9.17) is 0 Å². The molecule has 1 heterocycles. The Labute approximate surface area is 142 Å². The van der Waals surface area contributed by atoms with Crippen molar-refractivity contribution in [1.82, 2.24) is 10.3 Å². The zero-order valence-electron chi connectivity index (χ0n) is 13.8. The van der Waals surface area contributed by atoms with Gasteiger partial charge in [-0.05, 0) is 45.0 Å². The summed E-state index contributed by atoms with van der Waals surface area (Å²) in [6, 6.07) is 4.12. The number of hydrogen-bond acceptors (Lipinski definition) is 3. The lowest BCUT2D eigenvalue weighted by atomic mass is 10.1. The molecule has 2 rings (SSSR count). The summed E-state index contributed by atoms with van der Waals surface area (Å²) in [4.78, 5) is 28.1. The number of anilines is 1. The zero-order valence-corrected chi connectivity index (χ0v) is 13.8. The van der Waals surface area contributed by atoms with Gasteiger partial charge in [-0.2, -0.15) is 0 Å². The molecular weight excluding hydrogens is 335 g/mol. The number of pyridine rings is 1. The number of benzene rings is 1. The van der Waals surface area contributed by atoms with E-state index < -0.39 is 40.5 Å². The summed E-state index contributed by atoms with van der Waals surface area (Å²) in [5.41, 5.74) is -1.00. The number of amides is 2. The minimum absolute atomic E-state index is 0.00617. The minimum Gasteiger partial charge on any atom is -0.346 e. The highest BCUT2D eigenvalue weighted by Crippen LogP contribution is 2.20. The third-order valence-electron chi connectivity index (χ3n) is 3.03. The van der Waals surface area contributed by atoms with Gasteiger partial charge in [0.05, 0.1) is 5.69 Å². The van der Waals surface area contributed by atoms with Crippen LogP contribution in [0.2, 0.25) is 0 Å². The monoisotopic (exact) mass is 351 g/mol. The molecule has 2 N–H and O–H groups in total. The predicted octanol–water partition coefficient (Wildman–Crippen LogP) is 3.28. The van der Waals surface area contributed by atoms with Crippen LogP contribution in [-0.2, 0) is 0 Å². The first-order valence-electron chi connectivity index (χ1n) is 7.32. The van der Waals surface area contributed by atoms with Crippen molar-refractivity contribution in [1.29, 1.82) is 0 Å². The molecule has 2 amide bonds. The Bertz CT molecular complexity index is 832. The molecule has 0 spiro atoms. The summed E-state index contributed by atoms with van der Waals surface area (Å²) < 4.78 is 39.7. The van der Waals surface area contributed by atoms with Gasteiger partial charge in [-0.25, -0.2) is 13.2 Å². The molecule has 0 unspecified atom stereocenters. The van der Waals surface area contributed by atoms with E-state index in [1.807, 2.05) is 0 Å². The molecule has 8 heteroatoms. The normalized spacial score (nSPS) is 11.1. The van der Waals surface area contributed by atoms with Gasteiger partial charge in [0.2, 0.25) is 0 Å². The third-order valence-corrected chi connectivity index (χ3v) is 3.03. The van der Waals surface area contributed by atoms with Crippen LogP contribution in [-0.4, -0.2) is 22.3 Å². The average molecular weight is 351 g/mol.